The van der Waals surface area contributed by atoms with Crippen molar-refractivity contribution in [2.45, 2.75) is 6.92 Å². The third-order valence-electron chi connectivity index (χ3n) is 2.13. The van der Waals surface area contributed by atoms with Gasteiger partial charge in [-0.3, -0.25) is 9.59 Å². The molecule has 9 heteroatoms. The number of carboxylic acids is 1. The lowest BCUT2D eigenvalue weighted by Gasteiger charge is -2.01. The van der Waals surface area contributed by atoms with E-state index in [0.717, 1.165) is 22.7 Å². The summed E-state index contributed by atoms with van der Waals surface area (Å²) in [6, 6.07) is 1.51. The summed E-state index contributed by atoms with van der Waals surface area (Å²) in [5.74, 6) is -1.91. The van der Waals surface area contributed by atoms with E-state index in [4.69, 9.17) is 5.11 Å². The molecule has 0 spiro atoms. The molecule has 0 fully saturated rings. The van der Waals surface area contributed by atoms with Gasteiger partial charge in [0, 0.05) is 12.3 Å². The van der Waals surface area contributed by atoms with Crippen LogP contribution in [-0.4, -0.2) is 27.9 Å². The molecule has 0 unspecified atom stereocenters. The lowest BCUT2D eigenvalue weighted by Crippen LogP contribution is -2.14. The second-order valence-electron chi connectivity index (χ2n) is 3.64. The van der Waals surface area contributed by atoms with Gasteiger partial charge in [-0.1, -0.05) is 0 Å². The third-order valence-corrected chi connectivity index (χ3v) is 3.79. The molecule has 2 heterocycles. The van der Waals surface area contributed by atoms with Crippen LogP contribution < -0.4 is 10.6 Å². The molecule has 0 aromatic carbocycles. The lowest BCUT2D eigenvalue weighted by molar-refractivity contribution is -0.114. The highest BCUT2D eigenvalue weighted by Gasteiger charge is 2.17. The number of hydrogen-bond donors (Lipinski definition) is 3. The van der Waals surface area contributed by atoms with Gasteiger partial charge in [-0.15, -0.1) is 22.7 Å². The zero-order valence-corrected chi connectivity index (χ0v) is 11.8. The number of nitrogens with one attached hydrogen (secondary N) is 2. The van der Waals surface area contributed by atoms with E-state index in [-0.39, 0.29) is 22.2 Å². The fourth-order valence-corrected chi connectivity index (χ4v) is 2.77. The first-order valence-electron chi connectivity index (χ1n) is 5.32. The first-order valence-corrected chi connectivity index (χ1v) is 7.08. The van der Waals surface area contributed by atoms with E-state index < -0.39 is 11.9 Å². The number of carbonyl (C=O) groups excluding carboxylic acids is 2. The molecule has 2 amide bonds. The minimum Gasteiger partial charge on any atom is -0.477 e. The van der Waals surface area contributed by atoms with Gasteiger partial charge < -0.3 is 15.7 Å². The summed E-state index contributed by atoms with van der Waals surface area (Å²) in [7, 11) is 0. The van der Waals surface area contributed by atoms with E-state index in [0.29, 0.717) is 5.13 Å². The number of aromatic nitrogens is 1. The van der Waals surface area contributed by atoms with Crippen LogP contribution in [0.2, 0.25) is 0 Å². The standard InChI is InChI=1S/C11H9N3O4S2/c1-5(15)12-11-14-7(4-20-11)9(16)13-6-2-3-19-8(6)10(17)18/h2-4H,1H3,(H,13,16)(H,17,18)(H,12,14,15). The summed E-state index contributed by atoms with van der Waals surface area (Å²) < 4.78 is 0. The Morgan fingerprint density at radius 2 is 2.00 bits per heavy atom. The maximum atomic E-state index is 11.9. The van der Waals surface area contributed by atoms with Crippen LogP contribution in [0, 0.1) is 0 Å². The highest BCUT2D eigenvalue weighted by molar-refractivity contribution is 7.14. The molecule has 0 aliphatic heterocycles. The number of rotatable bonds is 4. The number of aromatic carboxylic acids is 1. The van der Waals surface area contributed by atoms with Crippen LogP contribution in [0.5, 0.6) is 0 Å². The van der Waals surface area contributed by atoms with Crippen LogP contribution in [-0.2, 0) is 4.79 Å². The second-order valence-corrected chi connectivity index (χ2v) is 5.42. The number of carbonyl (C=O) groups is 3. The fourth-order valence-electron chi connectivity index (χ4n) is 1.35. The smallest absolute Gasteiger partial charge is 0.348 e. The van der Waals surface area contributed by atoms with E-state index in [1.54, 1.807) is 5.38 Å². The first kappa shape index (κ1) is 14.2. The van der Waals surface area contributed by atoms with Crippen molar-refractivity contribution in [2.24, 2.45) is 0 Å². The van der Waals surface area contributed by atoms with E-state index in [1.807, 2.05) is 0 Å². The number of thiophene rings is 1. The van der Waals surface area contributed by atoms with Gasteiger partial charge >= 0.3 is 5.97 Å². The molecule has 0 saturated carbocycles. The topological polar surface area (TPSA) is 108 Å². The Kier molecular flexibility index (Phi) is 4.11. The van der Waals surface area contributed by atoms with Gasteiger partial charge in [0.15, 0.2) is 5.13 Å². The Morgan fingerprint density at radius 3 is 2.65 bits per heavy atom. The van der Waals surface area contributed by atoms with Crippen LogP contribution in [0.1, 0.15) is 27.1 Å². The Morgan fingerprint density at radius 1 is 1.25 bits per heavy atom. The van der Waals surface area contributed by atoms with Crippen LogP contribution in [0.4, 0.5) is 10.8 Å². The predicted octanol–water partition coefficient (Wildman–Crippen LogP) is 2.11. The second kappa shape index (κ2) is 5.80. The normalized spacial score (nSPS) is 10.1. The summed E-state index contributed by atoms with van der Waals surface area (Å²) in [5.41, 5.74) is 0.336. The molecule has 0 bridgehead atoms. The molecule has 0 aliphatic rings. The SMILES string of the molecule is CC(=O)Nc1nc(C(=O)Nc2ccsc2C(=O)O)cs1. The molecule has 20 heavy (non-hydrogen) atoms. The maximum Gasteiger partial charge on any atom is 0.348 e. The Hall–Kier alpha value is -2.26. The highest BCUT2D eigenvalue weighted by Crippen LogP contribution is 2.23. The Balaban J connectivity index is 2.12. The molecule has 104 valence electrons. The molecular weight excluding hydrogens is 302 g/mol. The number of hydrogen-bond acceptors (Lipinski definition) is 6. The molecular formula is C11H9N3O4S2. The van der Waals surface area contributed by atoms with Crippen LogP contribution in [0.15, 0.2) is 16.8 Å². The zero-order chi connectivity index (χ0) is 14.7. The van der Waals surface area contributed by atoms with Crippen molar-refractivity contribution in [1.82, 2.24) is 4.98 Å². The number of anilines is 2. The fraction of sp³-hybridized carbons (Fsp3) is 0.0909. The third kappa shape index (κ3) is 3.19. The van der Waals surface area contributed by atoms with Crippen molar-refractivity contribution in [1.29, 1.82) is 0 Å². The average Bonchev–Trinajstić information content (AvgIpc) is 2.97. The predicted molar refractivity (Wildman–Crippen MR) is 75.6 cm³/mol. The molecule has 0 saturated heterocycles. The van der Waals surface area contributed by atoms with Gasteiger partial charge in [0.1, 0.15) is 10.6 Å². The monoisotopic (exact) mass is 311 g/mol. The van der Waals surface area contributed by atoms with Crippen LogP contribution >= 0.6 is 22.7 Å². The largest absolute Gasteiger partial charge is 0.477 e. The van der Waals surface area contributed by atoms with Crippen molar-refractivity contribution in [2.75, 3.05) is 10.6 Å². The highest BCUT2D eigenvalue weighted by atomic mass is 32.1. The zero-order valence-electron chi connectivity index (χ0n) is 10.2. The van der Waals surface area contributed by atoms with Crippen molar-refractivity contribution in [3.8, 4) is 0 Å². The first-order chi connectivity index (χ1) is 9.47. The summed E-state index contributed by atoms with van der Waals surface area (Å²) in [6.07, 6.45) is 0. The molecule has 0 radical (unpaired) electrons. The van der Waals surface area contributed by atoms with Gasteiger partial charge in [0.25, 0.3) is 5.91 Å². The number of carboxylic acid groups (broad SMARTS) is 1. The van der Waals surface area contributed by atoms with E-state index in [2.05, 4.69) is 15.6 Å². The summed E-state index contributed by atoms with van der Waals surface area (Å²) in [4.78, 5) is 37.7. The van der Waals surface area contributed by atoms with Gasteiger partial charge in [-0.25, -0.2) is 9.78 Å². The molecule has 2 aromatic rings. The van der Waals surface area contributed by atoms with E-state index in [1.165, 1.54) is 18.4 Å². The Labute approximate surface area is 121 Å². The van der Waals surface area contributed by atoms with E-state index >= 15 is 0 Å². The minimum atomic E-state index is -1.10. The van der Waals surface area contributed by atoms with Gasteiger partial charge in [0.2, 0.25) is 5.91 Å². The molecule has 3 N–H and O–H groups in total. The summed E-state index contributed by atoms with van der Waals surface area (Å²) >= 11 is 2.13. The average molecular weight is 311 g/mol. The van der Waals surface area contributed by atoms with Gasteiger partial charge in [-0.05, 0) is 11.4 Å². The molecule has 2 aromatic heterocycles. The maximum absolute atomic E-state index is 11.9. The molecule has 2 rings (SSSR count). The van der Waals surface area contributed by atoms with Gasteiger partial charge in [0.05, 0.1) is 5.69 Å². The lowest BCUT2D eigenvalue weighted by atomic mass is 10.3. The van der Waals surface area contributed by atoms with Crippen molar-refractivity contribution < 1.29 is 19.5 Å². The number of nitrogens with zero attached hydrogens (tertiary/aromatic N) is 1. The van der Waals surface area contributed by atoms with Crippen LogP contribution in [0.3, 0.4) is 0 Å². The Bertz CT molecular complexity index is 677. The van der Waals surface area contributed by atoms with E-state index in [9.17, 15) is 14.4 Å². The van der Waals surface area contributed by atoms with Crippen LogP contribution in [0.25, 0.3) is 0 Å². The molecule has 0 atom stereocenters. The molecule has 0 aliphatic carbocycles. The summed E-state index contributed by atoms with van der Waals surface area (Å²) in [6.45, 7) is 1.34. The number of amides is 2. The quantitative estimate of drug-likeness (QED) is 0.801. The summed E-state index contributed by atoms with van der Waals surface area (Å²) in [5, 5.41) is 17.2. The van der Waals surface area contributed by atoms with Crippen molar-refractivity contribution in [3.63, 3.8) is 0 Å². The van der Waals surface area contributed by atoms with Crippen molar-refractivity contribution >= 4 is 51.3 Å². The minimum absolute atomic E-state index is 0.0515. The van der Waals surface area contributed by atoms with Crippen molar-refractivity contribution in [3.05, 3.63) is 27.4 Å². The number of thiazole rings is 1. The molecule has 7 nitrogen and oxygen atoms in total. The van der Waals surface area contributed by atoms with Gasteiger partial charge in [-0.2, -0.15) is 0 Å².